The van der Waals surface area contributed by atoms with Crippen molar-refractivity contribution < 1.29 is 5.11 Å². The summed E-state index contributed by atoms with van der Waals surface area (Å²) in [6.07, 6.45) is 8.33. The number of nitrogens with zero attached hydrogens (tertiary/aromatic N) is 2. The van der Waals surface area contributed by atoms with Crippen LogP contribution in [0.15, 0.2) is 0 Å². The topological polar surface area (TPSA) is 38.7 Å². The summed E-state index contributed by atoms with van der Waals surface area (Å²) in [5.41, 5.74) is -0.368. The second-order valence-electron chi connectivity index (χ2n) is 8.64. The smallest absolute Gasteiger partial charge is 0.0675 e. The molecular weight excluding hydrogens is 461 g/mol. The van der Waals surface area contributed by atoms with Crippen LogP contribution in [0.4, 0.5) is 0 Å². The standard InChI is InChI=1S/C13H26N2O.C8H16BrN.2ClH/c1-2-15-9-3-4-12(11-15)10-13(16)5-7-14-8-6-13;1-2-10-5-3-4-8(6-9)7-10;;/h12,14,16H,2-11H2,1H3;8H,2-7H2,1H3;2*1H. The molecule has 0 aromatic rings. The highest BCUT2D eigenvalue weighted by Crippen LogP contribution is 2.30. The Morgan fingerprint density at radius 3 is 1.93 bits per heavy atom. The number of rotatable bonds is 5. The molecule has 28 heavy (non-hydrogen) atoms. The van der Waals surface area contributed by atoms with E-state index in [1.54, 1.807) is 0 Å². The molecule has 2 N–H and O–H groups in total. The van der Waals surface area contributed by atoms with Crippen molar-refractivity contribution in [2.24, 2.45) is 11.8 Å². The Morgan fingerprint density at radius 2 is 1.43 bits per heavy atom. The summed E-state index contributed by atoms with van der Waals surface area (Å²) in [7, 11) is 0. The molecule has 3 aliphatic rings. The number of halogens is 3. The minimum atomic E-state index is -0.368. The summed E-state index contributed by atoms with van der Waals surface area (Å²) in [6.45, 7) is 13.9. The molecule has 0 saturated carbocycles. The van der Waals surface area contributed by atoms with Crippen LogP contribution in [0.25, 0.3) is 0 Å². The van der Waals surface area contributed by atoms with Crippen LogP contribution in [-0.2, 0) is 0 Å². The van der Waals surface area contributed by atoms with Crippen LogP contribution in [0.1, 0.15) is 58.8 Å². The van der Waals surface area contributed by atoms with E-state index in [4.69, 9.17) is 0 Å². The van der Waals surface area contributed by atoms with Crippen LogP contribution in [0.2, 0.25) is 0 Å². The summed E-state index contributed by atoms with van der Waals surface area (Å²) in [4.78, 5) is 5.06. The summed E-state index contributed by atoms with van der Waals surface area (Å²) >= 11 is 3.54. The largest absolute Gasteiger partial charge is 0.390 e. The highest BCUT2D eigenvalue weighted by atomic mass is 79.9. The van der Waals surface area contributed by atoms with Gasteiger partial charge in [0.2, 0.25) is 0 Å². The van der Waals surface area contributed by atoms with Gasteiger partial charge in [0.15, 0.2) is 0 Å². The van der Waals surface area contributed by atoms with Crippen molar-refractivity contribution in [2.75, 3.05) is 57.7 Å². The van der Waals surface area contributed by atoms with Gasteiger partial charge in [-0.2, -0.15) is 0 Å². The molecule has 3 aliphatic heterocycles. The molecule has 3 saturated heterocycles. The highest BCUT2D eigenvalue weighted by Gasteiger charge is 2.33. The minimum absolute atomic E-state index is 0. The fraction of sp³-hybridized carbons (Fsp3) is 1.00. The normalized spacial score (nSPS) is 28.3. The first kappa shape index (κ1) is 28.9. The van der Waals surface area contributed by atoms with Crippen LogP contribution in [0.5, 0.6) is 0 Å². The molecule has 3 heterocycles. The zero-order chi connectivity index (χ0) is 18.8. The first-order chi connectivity index (χ1) is 12.6. The number of hydrogen-bond acceptors (Lipinski definition) is 4. The van der Waals surface area contributed by atoms with Crippen LogP contribution >= 0.6 is 40.7 Å². The molecule has 0 radical (unpaired) electrons. The molecule has 0 spiro atoms. The fourth-order valence-corrected chi connectivity index (χ4v) is 5.33. The Hall–Kier alpha value is 0.900. The molecule has 0 aromatic carbocycles. The van der Waals surface area contributed by atoms with E-state index in [1.807, 2.05) is 0 Å². The first-order valence-electron chi connectivity index (χ1n) is 11.0. The third-order valence-corrected chi connectivity index (χ3v) is 7.44. The lowest BCUT2D eigenvalue weighted by molar-refractivity contribution is -0.0213. The Morgan fingerprint density at radius 1 is 0.929 bits per heavy atom. The summed E-state index contributed by atoms with van der Waals surface area (Å²) < 4.78 is 0. The predicted molar refractivity (Wildman–Crippen MR) is 130 cm³/mol. The van der Waals surface area contributed by atoms with Crippen LogP contribution < -0.4 is 5.32 Å². The Balaban J connectivity index is 0.000000532. The number of nitrogens with one attached hydrogen (secondary N) is 1. The van der Waals surface area contributed by atoms with Crippen molar-refractivity contribution >= 4 is 40.7 Å². The minimum Gasteiger partial charge on any atom is -0.390 e. The van der Waals surface area contributed by atoms with Gasteiger partial charge in [0.25, 0.3) is 0 Å². The van der Waals surface area contributed by atoms with Gasteiger partial charge in [0.05, 0.1) is 5.60 Å². The monoisotopic (exact) mass is 503 g/mol. The zero-order valence-electron chi connectivity index (χ0n) is 18.0. The van der Waals surface area contributed by atoms with Gasteiger partial charge in [0, 0.05) is 18.4 Å². The van der Waals surface area contributed by atoms with Gasteiger partial charge in [-0.05, 0) is 96.1 Å². The average Bonchev–Trinajstić information content (AvgIpc) is 2.69. The highest BCUT2D eigenvalue weighted by molar-refractivity contribution is 9.09. The number of piperidine rings is 3. The second-order valence-corrected chi connectivity index (χ2v) is 9.28. The van der Waals surface area contributed by atoms with Gasteiger partial charge in [-0.15, -0.1) is 24.8 Å². The zero-order valence-corrected chi connectivity index (χ0v) is 21.2. The number of aliphatic hydroxyl groups is 1. The van der Waals surface area contributed by atoms with Crippen molar-refractivity contribution in [3.8, 4) is 0 Å². The van der Waals surface area contributed by atoms with E-state index < -0.39 is 0 Å². The molecule has 0 aliphatic carbocycles. The van der Waals surface area contributed by atoms with Gasteiger partial charge in [0.1, 0.15) is 0 Å². The molecule has 170 valence electrons. The van der Waals surface area contributed by atoms with Gasteiger partial charge < -0.3 is 20.2 Å². The lowest BCUT2D eigenvalue weighted by Crippen LogP contribution is -2.45. The summed E-state index contributed by atoms with van der Waals surface area (Å²) in [5, 5.41) is 15.0. The third kappa shape index (κ3) is 10.3. The van der Waals surface area contributed by atoms with E-state index in [2.05, 4.69) is 44.9 Å². The van der Waals surface area contributed by atoms with Gasteiger partial charge in [-0.3, -0.25) is 0 Å². The SMILES string of the molecule is CCN1CCCC(CBr)C1.CCN1CCCC(CC2(O)CCNCC2)C1.Cl.Cl. The van der Waals surface area contributed by atoms with Gasteiger partial charge in [-0.1, -0.05) is 29.8 Å². The molecule has 2 atom stereocenters. The predicted octanol–water partition coefficient (Wildman–Crippen LogP) is 4.18. The third-order valence-electron chi connectivity index (χ3n) is 6.52. The van der Waals surface area contributed by atoms with Crippen LogP contribution in [-0.4, -0.2) is 78.2 Å². The lowest BCUT2D eigenvalue weighted by atomic mass is 9.80. The van der Waals surface area contributed by atoms with E-state index in [1.165, 1.54) is 63.7 Å². The molecule has 0 bridgehead atoms. The van der Waals surface area contributed by atoms with Crippen molar-refractivity contribution in [3.63, 3.8) is 0 Å². The van der Waals surface area contributed by atoms with E-state index in [-0.39, 0.29) is 30.4 Å². The lowest BCUT2D eigenvalue weighted by Gasteiger charge is -2.39. The molecule has 0 amide bonds. The van der Waals surface area contributed by atoms with Crippen LogP contribution in [0, 0.1) is 11.8 Å². The van der Waals surface area contributed by atoms with Gasteiger partial charge in [-0.25, -0.2) is 0 Å². The van der Waals surface area contributed by atoms with E-state index >= 15 is 0 Å². The van der Waals surface area contributed by atoms with E-state index in [0.29, 0.717) is 0 Å². The first-order valence-corrected chi connectivity index (χ1v) is 12.1. The number of alkyl halides is 1. The molecule has 0 aromatic heterocycles. The van der Waals surface area contributed by atoms with Crippen LogP contribution in [0.3, 0.4) is 0 Å². The Labute approximate surface area is 194 Å². The molecule has 2 unspecified atom stereocenters. The maximum Gasteiger partial charge on any atom is 0.0675 e. The molecule has 4 nitrogen and oxygen atoms in total. The summed E-state index contributed by atoms with van der Waals surface area (Å²) in [6, 6.07) is 0. The Kier molecular flexibility index (Phi) is 16.2. The molecular formula is C21H44BrCl2N3O. The van der Waals surface area contributed by atoms with Gasteiger partial charge >= 0.3 is 0 Å². The Bertz CT molecular complexity index is 377. The van der Waals surface area contributed by atoms with Crippen molar-refractivity contribution in [1.29, 1.82) is 0 Å². The van der Waals surface area contributed by atoms with Crippen molar-refractivity contribution in [3.05, 3.63) is 0 Å². The quantitative estimate of drug-likeness (QED) is 0.551. The number of hydrogen-bond donors (Lipinski definition) is 2. The molecule has 3 fully saturated rings. The fourth-order valence-electron chi connectivity index (χ4n) is 4.80. The van der Waals surface area contributed by atoms with E-state index in [9.17, 15) is 5.11 Å². The van der Waals surface area contributed by atoms with Crippen molar-refractivity contribution in [1.82, 2.24) is 15.1 Å². The summed E-state index contributed by atoms with van der Waals surface area (Å²) in [5.74, 6) is 1.63. The van der Waals surface area contributed by atoms with E-state index in [0.717, 1.165) is 50.7 Å². The molecule has 7 heteroatoms. The maximum atomic E-state index is 10.5. The average molecular weight is 505 g/mol. The number of likely N-dealkylation sites (tertiary alicyclic amines) is 2. The second kappa shape index (κ2) is 15.7. The molecule has 3 rings (SSSR count). The van der Waals surface area contributed by atoms with Crippen molar-refractivity contribution in [2.45, 2.75) is 64.4 Å². The maximum absolute atomic E-state index is 10.5.